The number of rotatable bonds is 5. The zero-order chi connectivity index (χ0) is 17.8. The second kappa shape index (κ2) is 7.25. The van der Waals surface area contributed by atoms with Gasteiger partial charge in [0.2, 0.25) is 5.91 Å². The number of aryl methyl sites for hydroxylation is 1. The molecule has 0 atom stereocenters. The molecule has 0 aliphatic carbocycles. The molecule has 128 valence electrons. The van der Waals surface area contributed by atoms with Crippen LogP contribution in [0.2, 0.25) is 0 Å². The molecule has 0 bridgehead atoms. The molecular formula is C19H16F2N2O2. The lowest BCUT2D eigenvalue weighted by Crippen LogP contribution is -2.24. The highest BCUT2D eigenvalue weighted by molar-refractivity contribution is 5.79. The first kappa shape index (κ1) is 16.8. The molecule has 0 aliphatic heterocycles. The van der Waals surface area contributed by atoms with Gasteiger partial charge in [0.1, 0.15) is 11.6 Å². The summed E-state index contributed by atoms with van der Waals surface area (Å²) in [6.07, 6.45) is 0.343. The number of fused-ring (bicyclic) bond motifs is 1. The molecule has 3 rings (SSSR count). The normalized spacial score (nSPS) is 10.8. The Kier molecular flexibility index (Phi) is 4.88. The number of benzene rings is 2. The quantitative estimate of drug-likeness (QED) is 0.749. The van der Waals surface area contributed by atoms with Gasteiger partial charge in [-0.1, -0.05) is 18.2 Å². The minimum Gasteiger partial charge on any atom is -0.352 e. The Bertz CT molecular complexity index is 983. The van der Waals surface area contributed by atoms with E-state index in [4.69, 9.17) is 0 Å². The number of H-pyrrole nitrogens is 1. The lowest BCUT2D eigenvalue weighted by atomic mass is 10.1. The van der Waals surface area contributed by atoms with E-state index in [-0.39, 0.29) is 36.7 Å². The highest BCUT2D eigenvalue weighted by Gasteiger charge is 2.08. The van der Waals surface area contributed by atoms with Crippen LogP contribution >= 0.6 is 0 Å². The number of hydrogen-bond acceptors (Lipinski definition) is 2. The van der Waals surface area contributed by atoms with Gasteiger partial charge in [0.25, 0.3) is 5.56 Å². The maximum atomic E-state index is 13.5. The van der Waals surface area contributed by atoms with E-state index in [2.05, 4.69) is 10.3 Å². The molecule has 2 aromatic carbocycles. The van der Waals surface area contributed by atoms with Crippen LogP contribution in [0, 0.1) is 11.6 Å². The van der Waals surface area contributed by atoms with Crippen LogP contribution < -0.4 is 10.9 Å². The number of hydrogen-bond donors (Lipinski definition) is 2. The summed E-state index contributed by atoms with van der Waals surface area (Å²) in [6.45, 7) is 0.0961. The second-order valence-electron chi connectivity index (χ2n) is 5.72. The molecule has 0 unspecified atom stereocenters. The van der Waals surface area contributed by atoms with Crippen molar-refractivity contribution in [3.8, 4) is 0 Å². The van der Waals surface area contributed by atoms with Crippen LogP contribution in [0.5, 0.6) is 0 Å². The van der Waals surface area contributed by atoms with Gasteiger partial charge >= 0.3 is 0 Å². The van der Waals surface area contributed by atoms with E-state index in [9.17, 15) is 18.4 Å². The number of carbonyl (C=O) groups excluding carboxylic acids is 1. The molecule has 0 fully saturated rings. The van der Waals surface area contributed by atoms with E-state index in [0.29, 0.717) is 22.0 Å². The molecule has 4 nitrogen and oxygen atoms in total. The van der Waals surface area contributed by atoms with Crippen LogP contribution in [0.1, 0.15) is 17.5 Å². The van der Waals surface area contributed by atoms with Crippen LogP contribution in [0.15, 0.2) is 53.3 Å². The number of amides is 1. The van der Waals surface area contributed by atoms with Crippen molar-refractivity contribution in [3.05, 3.63) is 81.6 Å². The molecule has 1 amide bonds. The Hall–Kier alpha value is -3.02. The SMILES string of the molecule is O=C(CCc1cc2ccc(F)cc2[nH]c1=O)NCc1ccccc1F. The van der Waals surface area contributed by atoms with Gasteiger partial charge < -0.3 is 10.3 Å². The summed E-state index contributed by atoms with van der Waals surface area (Å²) in [4.78, 5) is 26.6. The van der Waals surface area contributed by atoms with Crippen LogP contribution in [0.25, 0.3) is 10.9 Å². The van der Waals surface area contributed by atoms with Crippen molar-refractivity contribution >= 4 is 16.8 Å². The summed E-state index contributed by atoms with van der Waals surface area (Å²) in [6, 6.07) is 12.0. The fourth-order valence-corrected chi connectivity index (χ4v) is 2.58. The van der Waals surface area contributed by atoms with Crippen LogP contribution in [-0.4, -0.2) is 10.9 Å². The highest BCUT2D eigenvalue weighted by Crippen LogP contribution is 2.13. The monoisotopic (exact) mass is 342 g/mol. The number of halogens is 2. The van der Waals surface area contributed by atoms with Crippen LogP contribution in [0.3, 0.4) is 0 Å². The molecule has 0 saturated heterocycles. The predicted octanol–water partition coefficient (Wildman–Crippen LogP) is 3.06. The fourth-order valence-electron chi connectivity index (χ4n) is 2.58. The summed E-state index contributed by atoms with van der Waals surface area (Å²) in [7, 11) is 0. The molecule has 6 heteroatoms. The number of carbonyl (C=O) groups is 1. The first-order chi connectivity index (χ1) is 12.0. The average Bonchev–Trinajstić information content (AvgIpc) is 2.59. The van der Waals surface area contributed by atoms with Gasteiger partial charge in [0.05, 0.1) is 5.52 Å². The van der Waals surface area contributed by atoms with E-state index in [1.165, 1.54) is 18.2 Å². The van der Waals surface area contributed by atoms with Gasteiger partial charge in [-0.25, -0.2) is 8.78 Å². The molecule has 2 N–H and O–H groups in total. The number of pyridine rings is 1. The molecule has 1 aromatic heterocycles. The zero-order valence-electron chi connectivity index (χ0n) is 13.3. The molecule has 3 aromatic rings. The van der Waals surface area contributed by atoms with E-state index < -0.39 is 5.82 Å². The van der Waals surface area contributed by atoms with E-state index in [1.807, 2.05) is 0 Å². The third-order valence-electron chi connectivity index (χ3n) is 3.94. The number of aromatic amines is 1. The van der Waals surface area contributed by atoms with Gasteiger partial charge in [0, 0.05) is 24.1 Å². The minimum absolute atomic E-state index is 0.0961. The van der Waals surface area contributed by atoms with Crippen molar-refractivity contribution in [1.82, 2.24) is 10.3 Å². The van der Waals surface area contributed by atoms with Gasteiger partial charge in [0.15, 0.2) is 0 Å². The predicted molar refractivity (Wildman–Crippen MR) is 91.1 cm³/mol. The number of nitrogens with one attached hydrogen (secondary N) is 2. The largest absolute Gasteiger partial charge is 0.352 e. The molecule has 0 aliphatic rings. The molecule has 25 heavy (non-hydrogen) atoms. The van der Waals surface area contributed by atoms with Crippen molar-refractivity contribution in [2.45, 2.75) is 19.4 Å². The van der Waals surface area contributed by atoms with Gasteiger partial charge in [-0.2, -0.15) is 0 Å². The van der Waals surface area contributed by atoms with E-state index in [0.717, 1.165) is 0 Å². The second-order valence-corrected chi connectivity index (χ2v) is 5.72. The average molecular weight is 342 g/mol. The van der Waals surface area contributed by atoms with Crippen LogP contribution in [0.4, 0.5) is 8.78 Å². The molecule has 0 radical (unpaired) electrons. The van der Waals surface area contributed by atoms with Gasteiger partial charge in [-0.05, 0) is 42.1 Å². The maximum absolute atomic E-state index is 13.5. The summed E-state index contributed by atoms with van der Waals surface area (Å²) in [5.41, 5.74) is 0.916. The zero-order valence-corrected chi connectivity index (χ0v) is 13.3. The first-order valence-corrected chi connectivity index (χ1v) is 7.84. The molecule has 0 saturated carbocycles. The minimum atomic E-state index is -0.427. The summed E-state index contributed by atoms with van der Waals surface area (Å²) in [5.74, 6) is -1.08. The van der Waals surface area contributed by atoms with Crippen molar-refractivity contribution in [1.29, 1.82) is 0 Å². The Morgan fingerprint density at radius 3 is 2.64 bits per heavy atom. The molecule has 1 heterocycles. The fraction of sp³-hybridized carbons (Fsp3) is 0.158. The van der Waals surface area contributed by atoms with E-state index in [1.54, 1.807) is 30.3 Å². The first-order valence-electron chi connectivity index (χ1n) is 7.84. The van der Waals surface area contributed by atoms with Crippen molar-refractivity contribution in [3.63, 3.8) is 0 Å². The van der Waals surface area contributed by atoms with Crippen molar-refractivity contribution in [2.24, 2.45) is 0 Å². The Morgan fingerprint density at radius 2 is 1.84 bits per heavy atom. The van der Waals surface area contributed by atoms with Gasteiger partial charge in [-0.15, -0.1) is 0 Å². The van der Waals surface area contributed by atoms with Crippen LogP contribution in [-0.2, 0) is 17.8 Å². The highest BCUT2D eigenvalue weighted by atomic mass is 19.1. The third-order valence-corrected chi connectivity index (χ3v) is 3.94. The third kappa shape index (κ3) is 4.09. The van der Waals surface area contributed by atoms with Gasteiger partial charge in [-0.3, -0.25) is 9.59 Å². The molecular weight excluding hydrogens is 326 g/mol. The summed E-state index contributed by atoms with van der Waals surface area (Å²) >= 11 is 0. The number of aromatic nitrogens is 1. The maximum Gasteiger partial charge on any atom is 0.251 e. The molecule has 0 spiro atoms. The summed E-state index contributed by atoms with van der Waals surface area (Å²) in [5, 5.41) is 3.33. The van der Waals surface area contributed by atoms with E-state index >= 15 is 0 Å². The Labute approximate surface area is 142 Å². The lowest BCUT2D eigenvalue weighted by molar-refractivity contribution is -0.121. The Balaban J connectivity index is 1.63. The topological polar surface area (TPSA) is 62.0 Å². The Morgan fingerprint density at radius 1 is 1.04 bits per heavy atom. The lowest BCUT2D eigenvalue weighted by Gasteiger charge is -2.07. The smallest absolute Gasteiger partial charge is 0.251 e. The summed E-state index contributed by atoms with van der Waals surface area (Å²) < 4.78 is 26.7. The van der Waals surface area contributed by atoms with Crippen molar-refractivity contribution < 1.29 is 13.6 Å². The standard InChI is InChI=1S/C19H16F2N2O2/c20-15-7-5-12-9-13(19(25)23-17(12)10-15)6-8-18(24)22-11-14-3-1-2-4-16(14)21/h1-5,7,9-10H,6,8,11H2,(H,22,24)(H,23,25). The van der Waals surface area contributed by atoms with Crippen molar-refractivity contribution in [2.75, 3.05) is 0 Å².